The largest absolute Gasteiger partial charge is 0.367 e. The number of nitrogens with zero attached hydrogens (tertiary/aromatic N) is 2. The molecule has 1 aromatic heterocycles. The van der Waals surface area contributed by atoms with Crippen LogP contribution in [0.5, 0.6) is 0 Å². The fourth-order valence-electron chi connectivity index (χ4n) is 2.57. The maximum absolute atomic E-state index is 12.1. The molecule has 5 nitrogen and oxygen atoms in total. The molecule has 1 aromatic rings. The maximum Gasteiger partial charge on any atom is 0.254 e. The van der Waals surface area contributed by atoms with Crippen molar-refractivity contribution in [2.24, 2.45) is 7.05 Å². The lowest BCUT2D eigenvalue weighted by atomic mass is 9.94. The Balaban J connectivity index is 2.08. The summed E-state index contributed by atoms with van der Waals surface area (Å²) in [5, 5.41) is 7.04. The number of rotatable bonds is 2. The minimum absolute atomic E-state index is 0.0141. The summed E-state index contributed by atoms with van der Waals surface area (Å²) in [6, 6.07) is 0.0141. The summed E-state index contributed by atoms with van der Waals surface area (Å²) in [5.74, 6) is -0.0949. The Labute approximate surface area is 108 Å². The van der Waals surface area contributed by atoms with Gasteiger partial charge < -0.3 is 10.1 Å². The molecule has 1 aliphatic rings. The van der Waals surface area contributed by atoms with Gasteiger partial charge in [-0.05, 0) is 34.1 Å². The van der Waals surface area contributed by atoms with Crippen LogP contribution in [0.1, 0.15) is 44.5 Å². The average molecular weight is 251 g/mol. The first kappa shape index (κ1) is 13.1. The van der Waals surface area contributed by atoms with Crippen LogP contribution in [0.2, 0.25) is 0 Å². The summed E-state index contributed by atoms with van der Waals surface area (Å²) in [5.41, 5.74) is 0.0376. The molecule has 0 bridgehead atoms. The highest BCUT2D eigenvalue weighted by molar-refractivity contribution is 5.94. The molecule has 0 spiro atoms. The zero-order chi connectivity index (χ0) is 13.6. The van der Waals surface area contributed by atoms with Crippen LogP contribution in [0, 0.1) is 0 Å². The number of hydrogen-bond donors (Lipinski definition) is 1. The number of ether oxygens (including phenoxy) is 1. The van der Waals surface area contributed by atoms with Crippen LogP contribution in [0.25, 0.3) is 0 Å². The monoisotopic (exact) mass is 251 g/mol. The van der Waals surface area contributed by atoms with Gasteiger partial charge >= 0.3 is 0 Å². The smallest absolute Gasteiger partial charge is 0.254 e. The van der Waals surface area contributed by atoms with Crippen molar-refractivity contribution >= 4 is 5.91 Å². The second-order valence-corrected chi connectivity index (χ2v) is 6.10. The molecule has 0 aromatic carbocycles. The van der Waals surface area contributed by atoms with Crippen molar-refractivity contribution in [2.45, 2.75) is 51.4 Å². The van der Waals surface area contributed by atoms with Crippen molar-refractivity contribution in [3.05, 3.63) is 18.0 Å². The third kappa shape index (κ3) is 2.56. The molecule has 1 aliphatic heterocycles. The first-order valence-electron chi connectivity index (χ1n) is 6.19. The third-order valence-corrected chi connectivity index (χ3v) is 3.35. The molecule has 0 aliphatic carbocycles. The highest BCUT2D eigenvalue weighted by atomic mass is 16.5. The Kier molecular flexibility index (Phi) is 2.97. The first-order valence-corrected chi connectivity index (χ1v) is 6.19. The van der Waals surface area contributed by atoms with Crippen LogP contribution in [0.15, 0.2) is 12.4 Å². The Morgan fingerprint density at radius 1 is 1.50 bits per heavy atom. The van der Waals surface area contributed by atoms with E-state index in [9.17, 15) is 4.79 Å². The molecule has 2 rings (SSSR count). The second-order valence-electron chi connectivity index (χ2n) is 6.10. The minimum Gasteiger partial charge on any atom is -0.367 e. The lowest BCUT2D eigenvalue weighted by Crippen LogP contribution is -2.46. The Hall–Kier alpha value is -1.36. The molecule has 2 heterocycles. The molecule has 18 heavy (non-hydrogen) atoms. The highest BCUT2D eigenvalue weighted by Gasteiger charge is 2.46. The number of amides is 1. The SMILES string of the molecule is Cn1cc(C(=O)NC2CC(C)(C)OC2(C)C)cn1. The molecule has 1 saturated heterocycles. The van der Waals surface area contributed by atoms with E-state index >= 15 is 0 Å². The van der Waals surface area contributed by atoms with Gasteiger partial charge in [-0.2, -0.15) is 5.10 Å². The lowest BCUT2D eigenvalue weighted by Gasteiger charge is -2.27. The summed E-state index contributed by atoms with van der Waals surface area (Å²) in [6.07, 6.45) is 4.10. The third-order valence-electron chi connectivity index (χ3n) is 3.35. The summed E-state index contributed by atoms with van der Waals surface area (Å²) < 4.78 is 7.58. The van der Waals surface area contributed by atoms with Crippen molar-refractivity contribution in [3.63, 3.8) is 0 Å². The zero-order valence-corrected chi connectivity index (χ0v) is 11.7. The van der Waals surface area contributed by atoms with Gasteiger partial charge in [0.15, 0.2) is 0 Å². The van der Waals surface area contributed by atoms with Crippen LogP contribution in [-0.4, -0.2) is 32.9 Å². The van der Waals surface area contributed by atoms with E-state index < -0.39 is 0 Å². The predicted octanol–water partition coefficient (Wildman–Crippen LogP) is 1.50. The van der Waals surface area contributed by atoms with E-state index in [-0.39, 0.29) is 23.2 Å². The fourth-order valence-corrected chi connectivity index (χ4v) is 2.57. The molecule has 1 fully saturated rings. The van der Waals surface area contributed by atoms with Gasteiger partial charge in [-0.1, -0.05) is 0 Å². The van der Waals surface area contributed by atoms with E-state index in [1.165, 1.54) is 0 Å². The lowest BCUT2D eigenvalue weighted by molar-refractivity contribution is -0.0693. The molecule has 1 amide bonds. The van der Waals surface area contributed by atoms with Gasteiger partial charge in [0.2, 0.25) is 0 Å². The van der Waals surface area contributed by atoms with Crippen LogP contribution < -0.4 is 5.32 Å². The summed E-state index contributed by atoms with van der Waals surface area (Å²) in [7, 11) is 1.79. The van der Waals surface area contributed by atoms with E-state index in [0.717, 1.165) is 6.42 Å². The number of aryl methyl sites for hydroxylation is 1. The highest BCUT2D eigenvalue weighted by Crippen LogP contribution is 2.37. The number of aromatic nitrogens is 2. The molecule has 1 unspecified atom stereocenters. The fraction of sp³-hybridized carbons (Fsp3) is 0.692. The minimum atomic E-state index is -0.346. The first-order chi connectivity index (χ1) is 8.20. The van der Waals surface area contributed by atoms with Gasteiger partial charge in [0, 0.05) is 13.2 Å². The van der Waals surface area contributed by atoms with Crippen molar-refractivity contribution in [3.8, 4) is 0 Å². The van der Waals surface area contributed by atoms with Crippen LogP contribution in [-0.2, 0) is 11.8 Å². The second kappa shape index (κ2) is 4.09. The summed E-state index contributed by atoms with van der Waals surface area (Å²) >= 11 is 0. The molecule has 100 valence electrons. The Bertz CT molecular complexity index is 463. The van der Waals surface area contributed by atoms with E-state index in [1.54, 1.807) is 24.1 Å². The number of hydrogen-bond acceptors (Lipinski definition) is 3. The average Bonchev–Trinajstić information content (AvgIpc) is 2.68. The molecular weight excluding hydrogens is 230 g/mol. The molecule has 1 atom stereocenters. The standard InChI is InChI=1S/C13H21N3O2/c1-12(2)6-10(13(3,4)18-12)15-11(17)9-7-14-16(5)8-9/h7-8,10H,6H2,1-5H3,(H,15,17). The van der Waals surface area contributed by atoms with Gasteiger partial charge in [0.05, 0.1) is 29.0 Å². The van der Waals surface area contributed by atoms with E-state index in [4.69, 9.17) is 4.74 Å². The topological polar surface area (TPSA) is 56.2 Å². The van der Waals surface area contributed by atoms with Crippen LogP contribution in [0.3, 0.4) is 0 Å². The normalized spacial score (nSPS) is 25.1. The van der Waals surface area contributed by atoms with Gasteiger partial charge in [0.1, 0.15) is 0 Å². The van der Waals surface area contributed by atoms with E-state index in [0.29, 0.717) is 5.56 Å². The number of nitrogens with one attached hydrogen (secondary N) is 1. The molecular formula is C13H21N3O2. The number of carbonyl (C=O) groups is 1. The molecule has 1 N–H and O–H groups in total. The summed E-state index contributed by atoms with van der Waals surface area (Å²) in [4.78, 5) is 12.1. The van der Waals surface area contributed by atoms with Crippen molar-refractivity contribution in [1.29, 1.82) is 0 Å². The zero-order valence-electron chi connectivity index (χ0n) is 11.7. The van der Waals surface area contributed by atoms with Crippen LogP contribution in [0.4, 0.5) is 0 Å². The molecule has 5 heteroatoms. The predicted molar refractivity (Wildman–Crippen MR) is 68.3 cm³/mol. The Morgan fingerprint density at radius 3 is 2.61 bits per heavy atom. The molecule has 0 radical (unpaired) electrons. The van der Waals surface area contributed by atoms with E-state index in [1.807, 2.05) is 27.7 Å². The quantitative estimate of drug-likeness (QED) is 0.866. The maximum atomic E-state index is 12.1. The van der Waals surface area contributed by atoms with Gasteiger partial charge in [-0.3, -0.25) is 9.48 Å². The van der Waals surface area contributed by atoms with Crippen molar-refractivity contribution in [1.82, 2.24) is 15.1 Å². The van der Waals surface area contributed by atoms with Gasteiger partial charge in [-0.25, -0.2) is 0 Å². The Morgan fingerprint density at radius 2 is 2.17 bits per heavy atom. The number of carbonyl (C=O) groups excluding carboxylic acids is 1. The van der Waals surface area contributed by atoms with Crippen molar-refractivity contribution in [2.75, 3.05) is 0 Å². The van der Waals surface area contributed by atoms with Crippen LogP contribution >= 0.6 is 0 Å². The summed E-state index contributed by atoms with van der Waals surface area (Å²) in [6.45, 7) is 8.11. The van der Waals surface area contributed by atoms with E-state index in [2.05, 4.69) is 10.4 Å². The van der Waals surface area contributed by atoms with Gasteiger partial charge in [0.25, 0.3) is 5.91 Å². The van der Waals surface area contributed by atoms with Gasteiger partial charge in [-0.15, -0.1) is 0 Å². The molecule has 0 saturated carbocycles. The van der Waals surface area contributed by atoms with Crippen molar-refractivity contribution < 1.29 is 9.53 Å².